The van der Waals surface area contributed by atoms with Gasteiger partial charge >= 0.3 is 0 Å². The van der Waals surface area contributed by atoms with Gasteiger partial charge in [0, 0.05) is 19.2 Å². The Morgan fingerprint density at radius 3 is 2.94 bits per heavy atom. The van der Waals surface area contributed by atoms with Crippen molar-refractivity contribution in [3.63, 3.8) is 0 Å². The van der Waals surface area contributed by atoms with E-state index in [0.29, 0.717) is 0 Å². The van der Waals surface area contributed by atoms with Gasteiger partial charge in [0.15, 0.2) is 0 Å². The molecule has 0 aromatic heterocycles. The lowest BCUT2D eigenvalue weighted by Gasteiger charge is -2.21. The topological polar surface area (TPSA) is 41.6 Å². The Bertz CT molecular complexity index is 406. The normalized spacial score (nSPS) is 21.2. The maximum Gasteiger partial charge on any atom is 0.244 e. The average Bonchev–Trinajstić information content (AvgIpc) is 2.53. The van der Waals surface area contributed by atoms with Crippen molar-refractivity contribution in [1.82, 2.24) is 10.2 Å². The molecule has 1 heterocycles. The number of para-hydroxylation sites is 1. The Balaban J connectivity index is 2.33. The van der Waals surface area contributed by atoms with Gasteiger partial charge in [-0.15, -0.1) is 0 Å². The Kier molecular flexibility index (Phi) is 3.64. The molecule has 1 aromatic carbocycles. The van der Waals surface area contributed by atoms with Gasteiger partial charge in [0.2, 0.25) is 5.91 Å². The second-order valence-corrected chi connectivity index (χ2v) is 4.24. The molecule has 0 spiro atoms. The van der Waals surface area contributed by atoms with Gasteiger partial charge in [-0.1, -0.05) is 18.2 Å². The molecule has 17 heavy (non-hydrogen) atoms. The third-order valence-electron chi connectivity index (χ3n) is 3.09. The first-order valence-electron chi connectivity index (χ1n) is 5.85. The van der Waals surface area contributed by atoms with Crippen LogP contribution in [0.25, 0.3) is 0 Å². The number of carbonyl (C=O) groups excluding carboxylic acids is 1. The molecule has 2 rings (SSSR count). The maximum atomic E-state index is 12.2. The molecule has 1 atom stereocenters. The van der Waals surface area contributed by atoms with E-state index in [1.165, 1.54) is 0 Å². The second kappa shape index (κ2) is 5.19. The summed E-state index contributed by atoms with van der Waals surface area (Å²) in [4.78, 5) is 14.0. The summed E-state index contributed by atoms with van der Waals surface area (Å²) < 4.78 is 5.31. The molecule has 0 radical (unpaired) electrons. The summed E-state index contributed by atoms with van der Waals surface area (Å²) in [6.07, 6.45) is 0.980. The zero-order valence-electron chi connectivity index (χ0n) is 10.3. The van der Waals surface area contributed by atoms with Crippen LogP contribution in [-0.4, -0.2) is 38.1 Å². The number of methoxy groups -OCH3 is 1. The summed E-state index contributed by atoms with van der Waals surface area (Å²) in [5.41, 5.74) is 0.911. The lowest BCUT2D eigenvalue weighted by Crippen LogP contribution is -2.35. The van der Waals surface area contributed by atoms with Crippen molar-refractivity contribution < 1.29 is 9.53 Å². The van der Waals surface area contributed by atoms with Gasteiger partial charge < -0.3 is 15.0 Å². The number of nitrogens with zero attached hydrogens (tertiary/aromatic N) is 1. The van der Waals surface area contributed by atoms with Gasteiger partial charge in [-0.25, -0.2) is 0 Å². The van der Waals surface area contributed by atoms with Crippen LogP contribution in [0.3, 0.4) is 0 Å². The number of benzene rings is 1. The Labute approximate surface area is 102 Å². The van der Waals surface area contributed by atoms with E-state index in [4.69, 9.17) is 4.74 Å². The highest BCUT2D eigenvalue weighted by molar-refractivity contribution is 5.84. The van der Waals surface area contributed by atoms with Crippen molar-refractivity contribution in [2.75, 3.05) is 27.2 Å². The van der Waals surface area contributed by atoms with Crippen LogP contribution in [0, 0.1) is 0 Å². The predicted molar refractivity (Wildman–Crippen MR) is 66.0 cm³/mol. The molecule has 0 saturated carbocycles. The van der Waals surface area contributed by atoms with E-state index < -0.39 is 0 Å². The fourth-order valence-corrected chi connectivity index (χ4v) is 2.13. The van der Waals surface area contributed by atoms with E-state index in [9.17, 15) is 4.79 Å². The van der Waals surface area contributed by atoms with Gasteiger partial charge in [-0.3, -0.25) is 4.79 Å². The molecular formula is C13H18N2O2. The van der Waals surface area contributed by atoms with Crippen molar-refractivity contribution in [1.29, 1.82) is 0 Å². The molecule has 1 aliphatic heterocycles. The molecule has 1 aromatic rings. The molecule has 4 heteroatoms. The molecule has 0 bridgehead atoms. The summed E-state index contributed by atoms with van der Waals surface area (Å²) in [5.74, 6) is 0.862. The summed E-state index contributed by atoms with van der Waals surface area (Å²) in [6.45, 7) is 1.65. The van der Waals surface area contributed by atoms with Crippen LogP contribution in [0.1, 0.15) is 18.0 Å². The van der Waals surface area contributed by atoms with E-state index in [-0.39, 0.29) is 11.9 Å². The molecule has 1 unspecified atom stereocenters. The number of nitrogens with one attached hydrogen (secondary N) is 1. The van der Waals surface area contributed by atoms with E-state index in [0.717, 1.165) is 30.8 Å². The van der Waals surface area contributed by atoms with Gasteiger partial charge in [0.25, 0.3) is 0 Å². The highest BCUT2D eigenvalue weighted by Crippen LogP contribution is 2.26. The number of carbonyl (C=O) groups is 1. The highest BCUT2D eigenvalue weighted by atomic mass is 16.5. The number of ether oxygens (including phenoxy) is 1. The molecular weight excluding hydrogens is 216 g/mol. The lowest BCUT2D eigenvalue weighted by atomic mass is 10.0. The highest BCUT2D eigenvalue weighted by Gasteiger charge is 2.27. The minimum Gasteiger partial charge on any atom is -0.496 e. The maximum absolute atomic E-state index is 12.2. The van der Waals surface area contributed by atoms with Crippen molar-refractivity contribution in [3.05, 3.63) is 29.8 Å². The van der Waals surface area contributed by atoms with Crippen LogP contribution in [0.4, 0.5) is 0 Å². The van der Waals surface area contributed by atoms with Gasteiger partial charge in [0.05, 0.1) is 7.11 Å². The first-order valence-corrected chi connectivity index (χ1v) is 5.85. The van der Waals surface area contributed by atoms with Crippen molar-refractivity contribution >= 4 is 5.91 Å². The van der Waals surface area contributed by atoms with Crippen LogP contribution in [0.15, 0.2) is 24.3 Å². The molecule has 1 fully saturated rings. The minimum atomic E-state index is -0.293. The molecule has 4 nitrogen and oxygen atoms in total. The number of hydrogen-bond acceptors (Lipinski definition) is 3. The Morgan fingerprint density at radius 1 is 1.41 bits per heavy atom. The third-order valence-corrected chi connectivity index (χ3v) is 3.09. The largest absolute Gasteiger partial charge is 0.496 e. The standard InChI is InChI=1S/C13H18N2O2/c1-15-9-5-8-14-12(13(15)16)10-6-3-4-7-11(10)17-2/h3-4,6-7,12,14H,5,8-9H2,1-2H3. The summed E-state index contributed by atoms with van der Waals surface area (Å²) in [5, 5.41) is 3.28. The van der Waals surface area contributed by atoms with E-state index in [1.807, 2.05) is 31.3 Å². The van der Waals surface area contributed by atoms with Crippen molar-refractivity contribution in [3.8, 4) is 5.75 Å². The molecule has 1 amide bonds. The fourth-order valence-electron chi connectivity index (χ4n) is 2.13. The summed E-state index contributed by atoms with van der Waals surface area (Å²) >= 11 is 0. The Hall–Kier alpha value is -1.55. The molecule has 1 saturated heterocycles. The van der Waals surface area contributed by atoms with Gasteiger partial charge in [-0.05, 0) is 19.0 Å². The van der Waals surface area contributed by atoms with Gasteiger partial charge in [-0.2, -0.15) is 0 Å². The van der Waals surface area contributed by atoms with E-state index in [1.54, 1.807) is 12.0 Å². The zero-order chi connectivity index (χ0) is 12.3. The smallest absolute Gasteiger partial charge is 0.244 e. The third kappa shape index (κ3) is 2.42. The molecule has 0 aliphatic carbocycles. The number of amides is 1. The van der Waals surface area contributed by atoms with Crippen LogP contribution in [0.5, 0.6) is 5.75 Å². The zero-order valence-corrected chi connectivity index (χ0v) is 10.3. The average molecular weight is 234 g/mol. The van der Waals surface area contributed by atoms with Gasteiger partial charge in [0.1, 0.15) is 11.8 Å². The second-order valence-electron chi connectivity index (χ2n) is 4.24. The lowest BCUT2D eigenvalue weighted by molar-refractivity contribution is -0.131. The fraction of sp³-hybridized carbons (Fsp3) is 0.462. The first kappa shape index (κ1) is 11.9. The van der Waals surface area contributed by atoms with Crippen LogP contribution < -0.4 is 10.1 Å². The van der Waals surface area contributed by atoms with Crippen molar-refractivity contribution in [2.24, 2.45) is 0 Å². The number of likely N-dealkylation sites (N-methyl/N-ethyl adjacent to an activating group) is 1. The monoisotopic (exact) mass is 234 g/mol. The van der Waals surface area contributed by atoms with Crippen LogP contribution >= 0.6 is 0 Å². The minimum absolute atomic E-state index is 0.104. The molecule has 1 N–H and O–H groups in total. The van der Waals surface area contributed by atoms with E-state index in [2.05, 4.69) is 5.32 Å². The summed E-state index contributed by atoms with van der Waals surface area (Å²) in [7, 11) is 3.47. The first-order chi connectivity index (χ1) is 8.24. The van der Waals surface area contributed by atoms with Crippen LogP contribution in [0.2, 0.25) is 0 Å². The van der Waals surface area contributed by atoms with Crippen LogP contribution in [-0.2, 0) is 4.79 Å². The van der Waals surface area contributed by atoms with Crippen molar-refractivity contribution in [2.45, 2.75) is 12.5 Å². The number of rotatable bonds is 2. The van der Waals surface area contributed by atoms with E-state index >= 15 is 0 Å². The SMILES string of the molecule is COc1ccccc1C1NCCCN(C)C1=O. The predicted octanol–water partition coefficient (Wildman–Crippen LogP) is 1.19. The Morgan fingerprint density at radius 2 is 2.18 bits per heavy atom. The quantitative estimate of drug-likeness (QED) is 0.835. The molecule has 92 valence electrons. The molecule has 1 aliphatic rings. The summed E-state index contributed by atoms with van der Waals surface area (Å²) in [6, 6.07) is 7.37. The number of hydrogen-bond donors (Lipinski definition) is 1.